The molecule has 1 atom stereocenters. The number of nitrogens with one attached hydrogen (secondary N) is 1. The molecule has 24 heavy (non-hydrogen) atoms. The van der Waals surface area contributed by atoms with Crippen molar-refractivity contribution in [3.63, 3.8) is 0 Å². The van der Waals surface area contributed by atoms with Gasteiger partial charge >= 0.3 is 5.97 Å². The number of hydrogen-bond donors (Lipinski definition) is 2. The number of benzene rings is 2. The Morgan fingerprint density at radius 1 is 1.04 bits per heavy atom. The number of carbonyl (C=O) groups is 1. The average Bonchev–Trinajstić information content (AvgIpc) is 3.03. The lowest BCUT2D eigenvalue weighted by Crippen LogP contribution is -2.30. The van der Waals surface area contributed by atoms with Gasteiger partial charge in [-0.05, 0) is 36.3 Å². The lowest BCUT2D eigenvalue weighted by atomic mass is 9.92. The standard InChI is InChI=1S/C20H22N2O2/c1-3-22(4-2)19(15-10-5-6-11-16(15)20(23)24)17-13-21-18-12-8-7-9-14(17)18/h5-13,19,21H,3-4H2,1-2H3,(H,23,24). The van der Waals surface area contributed by atoms with E-state index >= 15 is 0 Å². The molecule has 0 amide bonds. The number of aromatic carboxylic acids is 1. The molecule has 2 N–H and O–H groups in total. The summed E-state index contributed by atoms with van der Waals surface area (Å²) in [7, 11) is 0. The lowest BCUT2D eigenvalue weighted by Gasteiger charge is -2.31. The Labute approximate surface area is 141 Å². The van der Waals surface area contributed by atoms with Gasteiger partial charge in [0.2, 0.25) is 0 Å². The molecule has 3 aromatic rings. The Bertz CT molecular complexity index is 849. The van der Waals surface area contributed by atoms with Gasteiger partial charge in [-0.25, -0.2) is 4.79 Å². The predicted octanol–water partition coefficient (Wildman–Crippen LogP) is 4.30. The third-order valence-electron chi connectivity index (χ3n) is 4.58. The van der Waals surface area contributed by atoms with Crippen molar-refractivity contribution in [1.29, 1.82) is 0 Å². The van der Waals surface area contributed by atoms with Gasteiger partial charge in [0.25, 0.3) is 0 Å². The minimum atomic E-state index is -0.886. The zero-order valence-electron chi connectivity index (χ0n) is 14.0. The third-order valence-corrected chi connectivity index (χ3v) is 4.58. The second kappa shape index (κ2) is 6.89. The summed E-state index contributed by atoms with van der Waals surface area (Å²) in [4.78, 5) is 17.3. The Morgan fingerprint density at radius 2 is 1.71 bits per heavy atom. The lowest BCUT2D eigenvalue weighted by molar-refractivity contribution is 0.0693. The fraction of sp³-hybridized carbons (Fsp3) is 0.250. The summed E-state index contributed by atoms with van der Waals surface area (Å²) in [5.74, 6) is -0.886. The van der Waals surface area contributed by atoms with Gasteiger partial charge in [-0.3, -0.25) is 4.90 Å². The molecule has 0 aliphatic heterocycles. The highest BCUT2D eigenvalue weighted by atomic mass is 16.4. The Balaban J connectivity index is 2.24. The molecule has 0 spiro atoms. The molecule has 0 aliphatic rings. The number of aromatic amines is 1. The summed E-state index contributed by atoms with van der Waals surface area (Å²) in [6.07, 6.45) is 2.01. The van der Waals surface area contributed by atoms with Gasteiger partial charge < -0.3 is 10.1 Å². The van der Waals surface area contributed by atoms with Crippen LogP contribution in [-0.2, 0) is 0 Å². The van der Waals surface area contributed by atoms with E-state index in [1.54, 1.807) is 12.1 Å². The van der Waals surface area contributed by atoms with Gasteiger partial charge in [-0.2, -0.15) is 0 Å². The summed E-state index contributed by atoms with van der Waals surface area (Å²) in [6.45, 7) is 5.90. The normalized spacial score (nSPS) is 12.6. The molecule has 0 radical (unpaired) electrons. The molecule has 2 aromatic carbocycles. The number of nitrogens with zero attached hydrogens (tertiary/aromatic N) is 1. The Kier molecular flexibility index (Phi) is 4.67. The monoisotopic (exact) mass is 322 g/mol. The summed E-state index contributed by atoms with van der Waals surface area (Å²) in [6, 6.07) is 15.3. The van der Waals surface area contributed by atoms with Crippen LogP contribution in [0.1, 0.15) is 41.4 Å². The van der Waals surface area contributed by atoms with Crippen LogP contribution in [0.3, 0.4) is 0 Å². The van der Waals surface area contributed by atoms with E-state index in [0.29, 0.717) is 5.56 Å². The summed E-state index contributed by atoms with van der Waals surface area (Å²) < 4.78 is 0. The number of carboxylic acids is 1. The first kappa shape index (κ1) is 16.3. The van der Waals surface area contributed by atoms with Crippen LogP contribution < -0.4 is 0 Å². The maximum atomic E-state index is 11.7. The first-order valence-corrected chi connectivity index (χ1v) is 8.29. The zero-order chi connectivity index (χ0) is 17.1. The number of carboxylic acid groups (broad SMARTS) is 1. The topological polar surface area (TPSA) is 56.3 Å². The number of hydrogen-bond acceptors (Lipinski definition) is 2. The molecule has 1 heterocycles. The van der Waals surface area contributed by atoms with E-state index in [4.69, 9.17) is 0 Å². The molecule has 0 aliphatic carbocycles. The molecule has 0 saturated heterocycles. The predicted molar refractivity (Wildman–Crippen MR) is 96.5 cm³/mol. The molecule has 0 saturated carbocycles. The van der Waals surface area contributed by atoms with E-state index in [2.05, 4.69) is 29.8 Å². The van der Waals surface area contributed by atoms with Crippen LogP contribution in [0.2, 0.25) is 0 Å². The fourth-order valence-corrected chi connectivity index (χ4v) is 3.40. The molecule has 0 bridgehead atoms. The molecule has 0 fully saturated rings. The van der Waals surface area contributed by atoms with E-state index < -0.39 is 5.97 Å². The molecular weight excluding hydrogens is 300 g/mol. The van der Waals surface area contributed by atoms with E-state index in [1.165, 1.54) is 0 Å². The molecule has 1 aromatic heterocycles. The quantitative estimate of drug-likeness (QED) is 0.711. The highest BCUT2D eigenvalue weighted by Gasteiger charge is 2.26. The molecule has 124 valence electrons. The van der Waals surface area contributed by atoms with Gasteiger partial charge in [0.1, 0.15) is 0 Å². The van der Waals surface area contributed by atoms with Gasteiger partial charge in [0.05, 0.1) is 11.6 Å². The second-order valence-electron chi connectivity index (χ2n) is 5.81. The molecular formula is C20H22N2O2. The van der Waals surface area contributed by atoms with Crippen molar-refractivity contribution in [3.8, 4) is 0 Å². The molecule has 4 heteroatoms. The van der Waals surface area contributed by atoms with Crippen molar-refractivity contribution in [2.45, 2.75) is 19.9 Å². The van der Waals surface area contributed by atoms with Crippen LogP contribution in [0, 0.1) is 0 Å². The van der Waals surface area contributed by atoms with Crippen molar-refractivity contribution >= 4 is 16.9 Å². The van der Waals surface area contributed by atoms with Crippen LogP contribution in [-0.4, -0.2) is 34.0 Å². The first-order chi connectivity index (χ1) is 11.7. The van der Waals surface area contributed by atoms with E-state index in [9.17, 15) is 9.90 Å². The second-order valence-corrected chi connectivity index (χ2v) is 5.81. The van der Waals surface area contributed by atoms with Crippen LogP contribution in [0.15, 0.2) is 54.7 Å². The van der Waals surface area contributed by atoms with Crippen molar-refractivity contribution in [2.24, 2.45) is 0 Å². The highest BCUT2D eigenvalue weighted by Crippen LogP contribution is 2.35. The van der Waals surface area contributed by atoms with Crippen molar-refractivity contribution in [1.82, 2.24) is 9.88 Å². The van der Waals surface area contributed by atoms with Crippen LogP contribution >= 0.6 is 0 Å². The zero-order valence-corrected chi connectivity index (χ0v) is 14.0. The maximum absolute atomic E-state index is 11.7. The maximum Gasteiger partial charge on any atom is 0.336 e. The largest absolute Gasteiger partial charge is 0.478 e. The number of H-pyrrole nitrogens is 1. The van der Waals surface area contributed by atoms with E-state index in [0.717, 1.165) is 35.1 Å². The summed E-state index contributed by atoms with van der Waals surface area (Å²) in [5, 5.41) is 10.8. The fourth-order valence-electron chi connectivity index (χ4n) is 3.40. The van der Waals surface area contributed by atoms with Gasteiger partial charge in [0.15, 0.2) is 0 Å². The SMILES string of the molecule is CCN(CC)C(c1ccccc1C(=O)O)c1c[nH]c2ccccc12. The average molecular weight is 322 g/mol. The van der Waals surface area contributed by atoms with Crippen LogP contribution in [0.5, 0.6) is 0 Å². The van der Waals surface area contributed by atoms with Crippen molar-refractivity contribution in [3.05, 3.63) is 71.4 Å². The number of fused-ring (bicyclic) bond motifs is 1. The molecule has 1 unspecified atom stereocenters. The van der Waals surface area contributed by atoms with Gasteiger partial charge in [-0.1, -0.05) is 50.2 Å². The van der Waals surface area contributed by atoms with Gasteiger partial charge in [0, 0.05) is 17.1 Å². The van der Waals surface area contributed by atoms with Crippen molar-refractivity contribution in [2.75, 3.05) is 13.1 Å². The summed E-state index contributed by atoms with van der Waals surface area (Å²) in [5.41, 5.74) is 3.37. The Morgan fingerprint density at radius 3 is 2.42 bits per heavy atom. The van der Waals surface area contributed by atoms with Crippen molar-refractivity contribution < 1.29 is 9.90 Å². The number of para-hydroxylation sites is 1. The minimum Gasteiger partial charge on any atom is -0.478 e. The minimum absolute atomic E-state index is 0.0940. The Hall–Kier alpha value is -2.59. The molecule has 3 rings (SSSR count). The van der Waals surface area contributed by atoms with Crippen LogP contribution in [0.25, 0.3) is 10.9 Å². The van der Waals surface area contributed by atoms with Crippen LogP contribution in [0.4, 0.5) is 0 Å². The van der Waals surface area contributed by atoms with E-state index in [1.807, 2.05) is 36.5 Å². The van der Waals surface area contributed by atoms with E-state index in [-0.39, 0.29) is 6.04 Å². The number of aromatic nitrogens is 1. The molecule has 4 nitrogen and oxygen atoms in total. The third kappa shape index (κ3) is 2.81. The first-order valence-electron chi connectivity index (χ1n) is 8.29. The summed E-state index contributed by atoms with van der Waals surface area (Å²) >= 11 is 0. The number of rotatable bonds is 6. The highest BCUT2D eigenvalue weighted by molar-refractivity contribution is 5.90. The smallest absolute Gasteiger partial charge is 0.336 e. The van der Waals surface area contributed by atoms with Gasteiger partial charge in [-0.15, -0.1) is 0 Å².